The van der Waals surface area contributed by atoms with Gasteiger partial charge in [0.25, 0.3) is 10.2 Å². The van der Waals surface area contributed by atoms with E-state index in [1.54, 1.807) is 7.05 Å². The van der Waals surface area contributed by atoms with Crippen LogP contribution >= 0.6 is 0 Å². The van der Waals surface area contributed by atoms with Crippen LogP contribution in [0.15, 0.2) is 0 Å². The van der Waals surface area contributed by atoms with Gasteiger partial charge < -0.3 is 5.11 Å². The summed E-state index contributed by atoms with van der Waals surface area (Å²) in [7, 11) is -1.85. The predicted molar refractivity (Wildman–Crippen MR) is 81.6 cm³/mol. The van der Waals surface area contributed by atoms with Gasteiger partial charge in [0.15, 0.2) is 0 Å². The van der Waals surface area contributed by atoms with E-state index in [0.717, 1.165) is 25.7 Å². The smallest absolute Gasteiger partial charge is 0.279 e. The molecule has 5 nitrogen and oxygen atoms in total. The first-order valence-corrected chi connectivity index (χ1v) is 8.96. The zero-order chi connectivity index (χ0) is 15.4. The molecular formula is C14H30N2O3S. The van der Waals surface area contributed by atoms with Gasteiger partial charge in [-0.2, -0.15) is 17.4 Å². The molecule has 6 heteroatoms. The summed E-state index contributed by atoms with van der Waals surface area (Å²) < 4.78 is 28.4. The number of hydrogen-bond acceptors (Lipinski definition) is 3. The molecule has 1 unspecified atom stereocenters. The molecule has 1 aliphatic rings. The number of aliphatic hydroxyl groups is 1. The number of hydrogen-bond donors (Lipinski definition) is 2. The molecule has 0 aromatic rings. The molecule has 0 bridgehead atoms. The second-order valence-electron chi connectivity index (χ2n) is 7.08. The van der Waals surface area contributed by atoms with Crippen molar-refractivity contribution >= 4 is 10.2 Å². The van der Waals surface area contributed by atoms with Crippen molar-refractivity contribution in [1.29, 1.82) is 0 Å². The molecule has 1 saturated carbocycles. The first-order chi connectivity index (χ1) is 9.12. The minimum atomic E-state index is -3.49. The Bertz CT molecular complexity index is 384. The van der Waals surface area contributed by atoms with Crippen LogP contribution in [0.3, 0.4) is 0 Å². The van der Waals surface area contributed by atoms with E-state index in [0.29, 0.717) is 6.42 Å². The normalized spacial score (nSPS) is 20.3. The summed E-state index contributed by atoms with van der Waals surface area (Å²) in [5.41, 5.74) is -0.0138. The Kier molecular flexibility index (Phi) is 6.44. The molecule has 0 heterocycles. The van der Waals surface area contributed by atoms with Crippen molar-refractivity contribution in [3.63, 3.8) is 0 Å². The lowest BCUT2D eigenvalue weighted by atomic mass is 9.89. The molecule has 0 radical (unpaired) electrons. The third-order valence-electron chi connectivity index (χ3n) is 3.82. The molecule has 1 rings (SSSR count). The fraction of sp³-hybridized carbons (Fsp3) is 1.00. The van der Waals surface area contributed by atoms with Crippen molar-refractivity contribution in [3.8, 4) is 0 Å². The molecule has 120 valence electrons. The van der Waals surface area contributed by atoms with Gasteiger partial charge in [0.05, 0.1) is 6.10 Å². The van der Waals surface area contributed by atoms with E-state index in [-0.39, 0.29) is 18.0 Å². The standard InChI is InChI=1S/C14H30N2O3S/c1-14(2,3)10-13(17)11-15-20(18,19)16(4)12-8-6-5-7-9-12/h12-13,15,17H,5-11H2,1-4H3. The molecule has 0 aromatic heterocycles. The molecule has 0 aromatic carbocycles. The van der Waals surface area contributed by atoms with Crippen molar-refractivity contribution < 1.29 is 13.5 Å². The second-order valence-corrected chi connectivity index (χ2v) is 8.89. The first kappa shape index (κ1) is 17.9. The number of aliphatic hydroxyl groups excluding tert-OH is 1. The molecule has 1 aliphatic carbocycles. The average molecular weight is 306 g/mol. The van der Waals surface area contributed by atoms with Crippen molar-refractivity contribution in [2.24, 2.45) is 5.41 Å². The summed E-state index contributed by atoms with van der Waals surface area (Å²) in [6, 6.07) is 0.0982. The van der Waals surface area contributed by atoms with Crippen molar-refractivity contribution in [1.82, 2.24) is 9.03 Å². The second kappa shape index (κ2) is 7.20. The summed E-state index contributed by atoms with van der Waals surface area (Å²) in [6.45, 7) is 6.16. The van der Waals surface area contributed by atoms with E-state index >= 15 is 0 Å². The van der Waals surface area contributed by atoms with E-state index in [2.05, 4.69) is 4.72 Å². The lowest BCUT2D eigenvalue weighted by molar-refractivity contribution is 0.124. The molecule has 1 fully saturated rings. The van der Waals surface area contributed by atoms with Crippen LogP contribution in [0, 0.1) is 5.41 Å². The number of nitrogens with one attached hydrogen (secondary N) is 1. The van der Waals surface area contributed by atoms with E-state index in [9.17, 15) is 13.5 Å². The van der Waals surface area contributed by atoms with E-state index in [1.165, 1.54) is 10.7 Å². The van der Waals surface area contributed by atoms with E-state index < -0.39 is 16.3 Å². The predicted octanol–water partition coefficient (Wildman–Crippen LogP) is 1.88. The summed E-state index contributed by atoms with van der Waals surface area (Å²) in [4.78, 5) is 0. The van der Waals surface area contributed by atoms with Crippen LogP contribution in [-0.2, 0) is 10.2 Å². The third kappa shape index (κ3) is 6.08. The van der Waals surface area contributed by atoms with Gasteiger partial charge in [-0.25, -0.2) is 0 Å². The topological polar surface area (TPSA) is 69.6 Å². The van der Waals surface area contributed by atoms with Crippen LogP contribution in [0.5, 0.6) is 0 Å². The van der Waals surface area contributed by atoms with Gasteiger partial charge in [-0.3, -0.25) is 0 Å². The number of rotatable bonds is 6. The van der Waals surface area contributed by atoms with Crippen molar-refractivity contribution in [2.75, 3.05) is 13.6 Å². The summed E-state index contributed by atoms with van der Waals surface area (Å²) >= 11 is 0. The van der Waals surface area contributed by atoms with Gasteiger partial charge in [0.1, 0.15) is 0 Å². The molecule has 2 N–H and O–H groups in total. The lowest BCUT2D eigenvalue weighted by Crippen LogP contribution is -2.47. The Balaban J connectivity index is 2.48. The van der Waals surface area contributed by atoms with Crippen LogP contribution in [0.2, 0.25) is 0 Å². The Morgan fingerprint density at radius 1 is 1.25 bits per heavy atom. The van der Waals surface area contributed by atoms with Crippen LogP contribution in [-0.4, -0.2) is 43.6 Å². The lowest BCUT2D eigenvalue weighted by Gasteiger charge is -2.31. The maximum absolute atomic E-state index is 12.2. The van der Waals surface area contributed by atoms with Gasteiger partial charge in [0, 0.05) is 19.6 Å². The summed E-state index contributed by atoms with van der Waals surface area (Å²) in [5.74, 6) is 0. The Labute approximate surface area is 123 Å². The van der Waals surface area contributed by atoms with Crippen molar-refractivity contribution in [3.05, 3.63) is 0 Å². The summed E-state index contributed by atoms with van der Waals surface area (Å²) in [6.07, 6.45) is 5.17. The largest absolute Gasteiger partial charge is 0.392 e. The molecule has 20 heavy (non-hydrogen) atoms. The van der Waals surface area contributed by atoms with Gasteiger partial charge in [-0.05, 0) is 24.7 Å². The first-order valence-electron chi connectivity index (χ1n) is 7.52. The van der Waals surface area contributed by atoms with Gasteiger partial charge in [-0.1, -0.05) is 40.0 Å². The third-order valence-corrected chi connectivity index (χ3v) is 5.41. The zero-order valence-electron chi connectivity index (χ0n) is 13.2. The van der Waals surface area contributed by atoms with Crippen LogP contribution in [0.25, 0.3) is 0 Å². The highest BCUT2D eigenvalue weighted by molar-refractivity contribution is 7.87. The van der Waals surface area contributed by atoms with E-state index in [1.807, 2.05) is 20.8 Å². The Morgan fingerprint density at radius 3 is 2.30 bits per heavy atom. The van der Waals surface area contributed by atoms with Gasteiger partial charge in [-0.15, -0.1) is 0 Å². The van der Waals surface area contributed by atoms with Crippen LogP contribution in [0.4, 0.5) is 0 Å². The maximum atomic E-state index is 12.2. The van der Waals surface area contributed by atoms with Gasteiger partial charge in [0.2, 0.25) is 0 Å². The highest BCUT2D eigenvalue weighted by atomic mass is 32.2. The molecule has 1 atom stereocenters. The molecule has 0 saturated heterocycles. The maximum Gasteiger partial charge on any atom is 0.279 e. The van der Waals surface area contributed by atoms with Gasteiger partial charge >= 0.3 is 0 Å². The summed E-state index contributed by atoms with van der Waals surface area (Å²) in [5, 5.41) is 9.89. The monoisotopic (exact) mass is 306 g/mol. The molecule has 0 spiro atoms. The Morgan fingerprint density at radius 2 is 1.80 bits per heavy atom. The molecule has 0 aliphatic heterocycles. The fourth-order valence-electron chi connectivity index (χ4n) is 2.72. The SMILES string of the molecule is CN(C1CCCCC1)S(=O)(=O)NCC(O)CC(C)(C)C. The Hall–Kier alpha value is -0.170. The zero-order valence-corrected chi connectivity index (χ0v) is 14.0. The minimum absolute atomic E-state index is 0.0138. The quantitative estimate of drug-likeness (QED) is 0.787. The minimum Gasteiger partial charge on any atom is -0.392 e. The molecule has 0 amide bonds. The number of nitrogens with zero attached hydrogens (tertiary/aromatic N) is 1. The average Bonchev–Trinajstić information content (AvgIpc) is 2.35. The van der Waals surface area contributed by atoms with Crippen LogP contribution < -0.4 is 4.72 Å². The van der Waals surface area contributed by atoms with Crippen molar-refractivity contribution in [2.45, 2.75) is 71.4 Å². The highest BCUT2D eigenvalue weighted by Gasteiger charge is 2.28. The highest BCUT2D eigenvalue weighted by Crippen LogP contribution is 2.23. The van der Waals surface area contributed by atoms with E-state index in [4.69, 9.17) is 0 Å². The molecular weight excluding hydrogens is 276 g/mol. The fourth-order valence-corrected chi connectivity index (χ4v) is 3.93. The van der Waals surface area contributed by atoms with Crippen LogP contribution in [0.1, 0.15) is 59.3 Å².